The minimum absolute atomic E-state index is 0.132. The molecule has 0 aliphatic heterocycles. The lowest BCUT2D eigenvalue weighted by Crippen LogP contribution is -2.46. The highest BCUT2D eigenvalue weighted by Gasteiger charge is 2.35. The highest BCUT2D eigenvalue weighted by molar-refractivity contribution is 14.1. The summed E-state index contributed by atoms with van der Waals surface area (Å²) in [6.07, 6.45) is -0.669. The summed E-state index contributed by atoms with van der Waals surface area (Å²) in [6, 6.07) is 0. The van der Waals surface area contributed by atoms with Gasteiger partial charge in [0.25, 0.3) is 5.91 Å². The standard InChI is InChI=1S/C16H30IN3O5/c1-11(20-25-15(2,3)4)9-19-12(22)7-8-18-14(23)13(24-17)16(5,6)10-21/h13,21H,7-10H2,1-6H3,(H,18,23)(H,19,22)/b20-11+. The molecule has 0 radical (unpaired) electrons. The molecule has 0 aromatic rings. The third kappa shape index (κ3) is 10.6. The molecule has 0 aliphatic rings. The molecule has 0 fully saturated rings. The summed E-state index contributed by atoms with van der Waals surface area (Å²) in [5, 5.41) is 18.6. The second-order valence-electron chi connectivity index (χ2n) is 7.46. The number of oxime groups is 1. The van der Waals surface area contributed by atoms with E-state index in [0.717, 1.165) is 0 Å². The molecule has 0 bridgehead atoms. The molecule has 0 heterocycles. The van der Waals surface area contributed by atoms with Crippen molar-refractivity contribution in [3.63, 3.8) is 0 Å². The van der Waals surface area contributed by atoms with Gasteiger partial charge >= 0.3 is 0 Å². The topological polar surface area (TPSA) is 109 Å². The molecule has 2 amide bonds. The lowest BCUT2D eigenvalue weighted by Gasteiger charge is -2.29. The number of carbonyl (C=O) groups excluding carboxylic acids is 2. The molecule has 0 aliphatic carbocycles. The van der Waals surface area contributed by atoms with Crippen molar-refractivity contribution in [3.8, 4) is 0 Å². The Kier molecular flexibility index (Phi) is 10.5. The number of nitrogens with zero attached hydrogens (tertiary/aromatic N) is 1. The van der Waals surface area contributed by atoms with Gasteiger partial charge in [0.2, 0.25) is 5.91 Å². The number of halogens is 1. The van der Waals surface area contributed by atoms with Crippen LogP contribution in [0.4, 0.5) is 0 Å². The summed E-state index contributed by atoms with van der Waals surface area (Å²) in [7, 11) is 0. The fourth-order valence-electron chi connectivity index (χ4n) is 1.55. The zero-order valence-electron chi connectivity index (χ0n) is 15.8. The van der Waals surface area contributed by atoms with Gasteiger partial charge in [-0.2, -0.15) is 0 Å². The molecule has 0 aromatic carbocycles. The van der Waals surface area contributed by atoms with Crippen molar-refractivity contribution in [2.24, 2.45) is 10.6 Å². The van der Waals surface area contributed by atoms with Gasteiger partial charge in [0, 0.05) is 18.4 Å². The van der Waals surface area contributed by atoms with Crippen molar-refractivity contribution in [3.05, 3.63) is 0 Å². The van der Waals surface area contributed by atoms with E-state index < -0.39 is 11.5 Å². The van der Waals surface area contributed by atoms with Crippen molar-refractivity contribution in [1.29, 1.82) is 0 Å². The smallest absolute Gasteiger partial charge is 0.250 e. The quantitative estimate of drug-likeness (QED) is 0.255. The lowest BCUT2D eigenvalue weighted by molar-refractivity contribution is -0.132. The molecule has 0 saturated heterocycles. The monoisotopic (exact) mass is 471 g/mol. The summed E-state index contributed by atoms with van der Waals surface area (Å²) >= 11 is 1.64. The van der Waals surface area contributed by atoms with Gasteiger partial charge in [0.15, 0.2) is 6.10 Å². The van der Waals surface area contributed by atoms with Crippen LogP contribution in [0.3, 0.4) is 0 Å². The van der Waals surface area contributed by atoms with E-state index in [1.165, 1.54) is 0 Å². The van der Waals surface area contributed by atoms with Crippen molar-refractivity contribution < 1.29 is 22.6 Å². The number of aliphatic hydroxyl groups is 1. The van der Waals surface area contributed by atoms with E-state index in [4.69, 9.17) is 7.90 Å². The van der Waals surface area contributed by atoms with Crippen molar-refractivity contribution in [1.82, 2.24) is 10.6 Å². The van der Waals surface area contributed by atoms with Gasteiger partial charge in [-0.05, 0) is 27.7 Å². The highest BCUT2D eigenvalue weighted by Crippen LogP contribution is 2.24. The van der Waals surface area contributed by atoms with Gasteiger partial charge < -0.3 is 23.6 Å². The van der Waals surface area contributed by atoms with Gasteiger partial charge in [-0.15, -0.1) is 0 Å². The van der Waals surface area contributed by atoms with Crippen LogP contribution in [-0.2, 0) is 17.5 Å². The van der Waals surface area contributed by atoms with E-state index in [-0.39, 0.29) is 43.5 Å². The average molecular weight is 471 g/mol. The Labute approximate surface area is 163 Å². The summed E-state index contributed by atoms with van der Waals surface area (Å²) in [4.78, 5) is 29.1. The number of nitrogens with one attached hydrogen (secondary N) is 2. The zero-order valence-corrected chi connectivity index (χ0v) is 18.0. The fraction of sp³-hybridized carbons (Fsp3) is 0.812. The van der Waals surface area contributed by atoms with Crippen molar-refractivity contribution in [2.45, 2.75) is 59.7 Å². The summed E-state index contributed by atoms with van der Waals surface area (Å²) in [6.45, 7) is 11.1. The number of hydrogen-bond acceptors (Lipinski definition) is 6. The number of rotatable bonds is 10. The largest absolute Gasteiger partial charge is 0.396 e. The first kappa shape index (κ1) is 24.1. The first-order chi connectivity index (χ1) is 11.4. The number of aliphatic hydroxyl groups excluding tert-OH is 1. The van der Waals surface area contributed by atoms with E-state index in [2.05, 4.69) is 15.8 Å². The summed E-state index contributed by atoms with van der Waals surface area (Å²) in [5.74, 6) is -0.573. The van der Waals surface area contributed by atoms with Gasteiger partial charge in [-0.1, -0.05) is 19.0 Å². The number of carbonyl (C=O) groups is 2. The molecular weight excluding hydrogens is 441 g/mol. The first-order valence-corrected chi connectivity index (χ1v) is 8.95. The van der Waals surface area contributed by atoms with E-state index in [9.17, 15) is 14.7 Å². The maximum Gasteiger partial charge on any atom is 0.250 e. The van der Waals surface area contributed by atoms with Crippen LogP contribution in [0.15, 0.2) is 5.16 Å². The summed E-state index contributed by atoms with van der Waals surface area (Å²) in [5.41, 5.74) is -0.445. The van der Waals surface area contributed by atoms with Crippen LogP contribution >= 0.6 is 23.0 Å². The molecule has 8 nitrogen and oxygen atoms in total. The normalized spacial score (nSPS) is 14.0. The highest BCUT2D eigenvalue weighted by atomic mass is 127. The maximum absolute atomic E-state index is 12.1. The molecule has 9 heteroatoms. The van der Waals surface area contributed by atoms with E-state index in [1.54, 1.807) is 43.8 Å². The van der Waals surface area contributed by atoms with E-state index >= 15 is 0 Å². The van der Waals surface area contributed by atoms with E-state index in [1.807, 2.05) is 20.8 Å². The Balaban J connectivity index is 4.21. The third-order valence-electron chi connectivity index (χ3n) is 3.11. The predicted molar refractivity (Wildman–Crippen MR) is 104 cm³/mol. The lowest BCUT2D eigenvalue weighted by atomic mass is 9.87. The van der Waals surface area contributed by atoms with Gasteiger partial charge in [0.05, 0.1) is 18.9 Å². The van der Waals surface area contributed by atoms with Crippen LogP contribution in [0.5, 0.6) is 0 Å². The van der Waals surface area contributed by atoms with Crippen LogP contribution in [-0.4, -0.2) is 54.0 Å². The fourth-order valence-corrected chi connectivity index (χ4v) is 2.47. The minimum atomic E-state index is -0.801. The van der Waals surface area contributed by atoms with Crippen LogP contribution in [0.1, 0.15) is 48.0 Å². The minimum Gasteiger partial charge on any atom is -0.396 e. The van der Waals surface area contributed by atoms with E-state index in [0.29, 0.717) is 5.71 Å². The molecule has 0 aromatic heterocycles. The molecule has 146 valence electrons. The van der Waals surface area contributed by atoms with Gasteiger partial charge in [0.1, 0.15) is 28.6 Å². The molecular formula is C16H30IN3O5. The molecule has 0 rings (SSSR count). The molecule has 0 saturated carbocycles. The van der Waals surface area contributed by atoms with Crippen LogP contribution in [0, 0.1) is 5.41 Å². The van der Waals surface area contributed by atoms with Crippen LogP contribution in [0.25, 0.3) is 0 Å². The molecule has 3 N–H and O–H groups in total. The number of amides is 2. The zero-order chi connectivity index (χ0) is 19.7. The average Bonchev–Trinajstić information content (AvgIpc) is 2.50. The number of hydrogen-bond donors (Lipinski definition) is 3. The third-order valence-corrected chi connectivity index (χ3v) is 3.62. The second-order valence-corrected chi connectivity index (χ2v) is 7.97. The van der Waals surface area contributed by atoms with Crippen molar-refractivity contribution >= 4 is 40.5 Å². The SMILES string of the molecule is C/C(CNC(=O)CCNC(=O)C(OI)C(C)(C)CO)=N\OC(C)(C)C. The molecule has 0 spiro atoms. The summed E-state index contributed by atoms with van der Waals surface area (Å²) < 4.78 is 5.13. The molecule has 25 heavy (non-hydrogen) atoms. The Morgan fingerprint density at radius 2 is 1.80 bits per heavy atom. The second kappa shape index (κ2) is 10.9. The first-order valence-electron chi connectivity index (χ1n) is 8.07. The van der Waals surface area contributed by atoms with Gasteiger partial charge in [-0.3, -0.25) is 9.59 Å². The van der Waals surface area contributed by atoms with Crippen LogP contribution < -0.4 is 10.6 Å². The van der Waals surface area contributed by atoms with Crippen LogP contribution in [0.2, 0.25) is 0 Å². The molecule has 1 unspecified atom stereocenters. The van der Waals surface area contributed by atoms with Gasteiger partial charge in [-0.25, -0.2) is 0 Å². The predicted octanol–water partition coefficient (Wildman–Crippen LogP) is 1.55. The maximum atomic E-state index is 12.1. The Morgan fingerprint density at radius 1 is 1.20 bits per heavy atom. The molecule has 1 atom stereocenters. The Morgan fingerprint density at radius 3 is 2.28 bits per heavy atom. The Bertz CT molecular complexity index is 475. The van der Waals surface area contributed by atoms with Crippen molar-refractivity contribution in [2.75, 3.05) is 19.7 Å². The Hall–Kier alpha value is -0.940.